The molecule has 1 aromatic heterocycles. The number of aromatic nitrogens is 1. The minimum absolute atomic E-state index is 0.241. The Hall–Kier alpha value is -3.08. The lowest BCUT2D eigenvalue weighted by Gasteiger charge is -2.14. The van der Waals surface area contributed by atoms with Crippen molar-refractivity contribution in [2.75, 3.05) is 5.73 Å². The van der Waals surface area contributed by atoms with E-state index in [1.807, 2.05) is 44.2 Å². The second-order valence-electron chi connectivity index (χ2n) is 6.12. The number of hydrogen-bond acceptors (Lipinski definition) is 4. The zero-order chi connectivity index (χ0) is 18.1. The summed E-state index contributed by atoms with van der Waals surface area (Å²) in [7, 11) is 0. The van der Waals surface area contributed by atoms with E-state index in [1.54, 1.807) is 19.1 Å². The van der Waals surface area contributed by atoms with E-state index in [9.17, 15) is 9.59 Å². The standard InChI is InChI=1S/C20H20N2O3/c1-11-7-6-9-15(18(11)21)20(24)25-13(3)19(23)17-12(2)22-16-10-5-4-8-14(16)17/h4-10,13,22H,21H2,1-3H3/t13-/m0/s1. The van der Waals surface area contributed by atoms with E-state index in [-0.39, 0.29) is 11.3 Å². The van der Waals surface area contributed by atoms with Crippen LogP contribution in [0.4, 0.5) is 5.69 Å². The maximum absolute atomic E-state index is 12.8. The van der Waals surface area contributed by atoms with Gasteiger partial charge in [0.1, 0.15) is 0 Å². The summed E-state index contributed by atoms with van der Waals surface area (Å²) >= 11 is 0. The highest BCUT2D eigenvalue weighted by Gasteiger charge is 2.25. The number of aryl methyl sites for hydroxylation is 2. The molecule has 25 heavy (non-hydrogen) atoms. The molecule has 0 aliphatic carbocycles. The van der Waals surface area contributed by atoms with Crippen LogP contribution in [0.25, 0.3) is 10.9 Å². The Kier molecular flexibility index (Phi) is 4.31. The van der Waals surface area contributed by atoms with Crippen LogP contribution in [0.15, 0.2) is 42.5 Å². The fourth-order valence-electron chi connectivity index (χ4n) is 2.93. The highest BCUT2D eigenvalue weighted by molar-refractivity contribution is 6.12. The van der Waals surface area contributed by atoms with Crippen LogP contribution in [0.1, 0.15) is 38.9 Å². The van der Waals surface area contributed by atoms with Crippen LogP contribution in [-0.4, -0.2) is 22.8 Å². The Morgan fingerprint density at radius 1 is 1.08 bits per heavy atom. The van der Waals surface area contributed by atoms with Crippen LogP contribution in [0, 0.1) is 13.8 Å². The molecule has 0 spiro atoms. The predicted octanol–water partition coefficient (Wildman–Crippen LogP) is 3.80. The van der Waals surface area contributed by atoms with E-state index in [0.29, 0.717) is 11.3 Å². The summed E-state index contributed by atoms with van der Waals surface area (Å²) in [6.45, 7) is 5.23. The summed E-state index contributed by atoms with van der Waals surface area (Å²) in [4.78, 5) is 28.4. The first-order valence-electron chi connectivity index (χ1n) is 8.07. The molecule has 5 heteroatoms. The molecular weight excluding hydrogens is 316 g/mol. The molecular formula is C20H20N2O3. The summed E-state index contributed by atoms with van der Waals surface area (Å²) in [5.74, 6) is -0.839. The molecule has 0 saturated carbocycles. The Labute approximate surface area is 145 Å². The summed E-state index contributed by atoms with van der Waals surface area (Å²) < 4.78 is 5.38. The maximum atomic E-state index is 12.8. The number of H-pyrrole nitrogens is 1. The second kappa shape index (κ2) is 6.43. The minimum atomic E-state index is -0.912. The van der Waals surface area contributed by atoms with Gasteiger partial charge in [0.05, 0.1) is 5.56 Å². The van der Waals surface area contributed by atoms with Crippen molar-refractivity contribution < 1.29 is 14.3 Å². The van der Waals surface area contributed by atoms with Crippen LogP contribution in [0.2, 0.25) is 0 Å². The molecule has 5 nitrogen and oxygen atoms in total. The van der Waals surface area contributed by atoms with E-state index in [2.05, 4.69) is 4.98 Å². The molecule has 0 radical (unpaired) electrons. The van der Waals surface area contributed by atoms with Crippen molar-refractivity contribution in [3.8, 4) is 0 Å². The topological polar surface area (TPSA) is 85.2 Å². The maximum Gasteiger partial charge on any atom is 0.340 e. The third-order valence-corrected chi connectivity index (χ3v) is 4.34. The van der Waals surface area contributed by atoms with Gasteiger partial charge in [-0.25, -0.2) is 4.79 Å². The lowest BCUT2D eigenvalue weighted by atomic mass is 10.0. The normalized spacial score (nSPS) is 12.1. The zero-order valence-corrected chi connectivity index (χ0v) is 14.4. The average Bonchev–Trinajstić information content (AvgIpc) is 2.92. The lowest BCUT2D eigenvalue weighted by Crippen LogP contribution is -2.25. The van der Waals surface area contributed by atoms with E-state index in [1.165, 1.54) is 0 Å². The smallest absolute Gasteiger partial charge is 0.340 e. The van der Waals surface area contributed by atoms with Crippen LogP contribution < -0.4 is 5.73 Å². The molecule has 3 aromatic rings. The number of ether oxygens (including phenoxy) is 1. The first-order chi connectivity index (χ1) is 11.9. The van der Waals surface area contributed by atoms with Crippen molar-refractivity contribution in [2.24, 2.45) is 0 Å². The van der Waals surface area contributed by atoms with Crippen molar-refractivity contribution in [1.29, 1.82) is 0 Å². The summed E-state index contributed by atoms with van der Waals surface area (Å²) in [6, 6.07) is 12.7. The number of nitrogens with two attached hydrogens (primary N) is 1. The van der Waals surface area contributed by atoms with Crippen molar-refractivity contribution in [2.45, 2.75) is 26.9 Å². The molecule has 0 fully saturated rings. The molecule has 1 atom stereocenters. The largest absolute Gasteiger partial charge is 0.451 e. The van der Waals surface area contributed by atoms with Gasteiger partial charge >= 0.3 is 5.97 Å². The highest BCUT2D eigenvalue weighted by atomic mass is 16.5. The zero-order valence-electron chi connectivity index (χ0n) is 14.4. The monoisotopic (exact) mass is 336 g/mol. The number of rotatable bonds is 4. The molecule has 0 aliphatic heterocycles. The van der Waals surface area contributed by atoms with Gasteiger partial charge in [-0.1, -0.05) is 30.3 Å². The van der Waals surface area contributed by atoms with Gasteiger partial charge in [0.25, 0.3) is 0 Å². The first kappa shape index (κ1) is 16.8. The number of carbonyl (C=O) groups excluding carboxylic acids is 2. The molecule has 2 aromatic carbocycles. The average molecular weight is 336 g/mol. The number of hydrogen-bond donors (Lipinski definition) is 2. The quantitative estimate of drug-likeness (QED) is 0.431. The number of carbonyl (C=O) groups is 2. The van der Waals surface area contributed by atoms with Crippen LogP contribution in [0.5, 0.6) is 0 Å². The van der Waals surface area contributed by atoms with Gasteiger partial charge in [0.15, 0.2) is 6.10 Å². The van der Waals surface area contributed by atoms with Crippen molar-refractivity contribution >= 4 is 28.3 Å². The summed E-state index contributed by atoms with van der Waals surface area (Å²) in [6.07, 6.45) is -0.912. The minimum Gasteiger partial charge on any atom is -0.451 e. The number of fused-ring (bicyclic) bond motifs is 1. The SMILES string of the molecule is Cc1cccc(C(=O)O[C@@H](C)C(=O)c2c(C)[nH]c3ccccc23)c1N. The molecule has 128 valence electrons. The van der Waals surface area contributed by atoms with Gasteiger partial charge in [-0.3, -0.25) is 4.79 Å². The third-order valence-electron chi connectivity index (χ3n) is 4.34. The van der Waals surface area contributed by atoms with Gasteiger partial charge < -0.3 is 15.5 Å². The van der Waals surface area contributed by atoms with Crippen LogP contribution >= 0.6 is 0 Å². The number of nitrogens with one attached hydrogen (secondary N) is 1. The number of nitrogen functional groups attached to an aromatic ring is 1. The Morgan fingerprint density at radius 2 is 1.80 bits per heavy atom. The molecule has 0 aliphatic rings. The second-order valence-corrected chi connectivity index (χ2v) is 6.12. The van der Waals surface area contributed by atoms with Crippen LogP contribution in [-0.2, 0) is 4.74 Å². The molecule has 1 heterocycles. The lowest BCUT2D eigenvalue weighted by molar-refractivity contribution is 0.0320. The predicted molar refractivity (Wildman–Crippen MR) is 97.8 cm³/mol. The Morgan fingerprint density at radius 3 is 2.56 bits per heavy atom. The van der Waals surface area contributed by atoms with Crippen molar-refractivity contribution in [3.63, 3.8) is 0 Å². The van der Waals surface area contributed by atoms with E-state index >= 15 is 0 Å². The fraction of sp³-hybridized carbons (Fsp3) is 0.200. The number of aromatic amines is 1. The van der Waals surface area contributed by atoms with Gasteiger partial charge in [-0.05, 0) is 38.5 Å². The third kappa shape index (κ3) is 3.01. The molecule has 3 rings (SSSR count). The number of benzene rings is 2. The summed E-state index contributed by atoms with van der Waals surface area (Å²) in [5.41, 5.74) is 9.56. The number of anilines is 1. The van der Waals surface area contributed by atoms with Gasteiger partial charge in [-0.15, -0.1) is 0 Å². The fourth-order valence-corrected chi connectivity index (χ4v) is 2.93. The number of esters is 1. The van der Waals surface area contributed by atoms with Crippen molar-refractivity contribution in [3.05, 3.63) is 64.8 Å². The summed E-state index contributed by atoms with van der Waals surface area (Å²) in [5, 5.41) is 0.822. The van der Waals surface area contributed by atoms with E-state index in [4.69, 9.17) is 10.5 Å². The van der Waals surface area contributed by atoms with E-state index in [0.717, 1.165) is 22.2 Å². The molecule has 0 unspecified atom stereocenters. The number of Topliss-reactive ketones (excluding diaryl/α,β-unsaturated/α-hetero) is 1. The van der Waals surface area contributed by atoms with Gasteiger partial charge in [-0.2, -0.15) is 0 Å². The molecule has 0 amide bonds. The van der Waals surface area contributed by atoms with Crippen LogP contribution in [0.3, 0.4) is 0 Å². The number of ketones is 1. The highest BCUT2D eigenvalue weighted by Crippen LogP contribution is 2.24. The molecule has 3 N–H and O–H groups in total. The Balaban J connectivity index is 1.86. The molecule has 0 bridgehead atoms. The van der Waals surface area contributed by atoms with Gasteiger partial charge in [0.2, 0.25) is 5.78 Å². The first-order valence-corrected chi connectivity index (χ1v) is 8.07. The molecule has 0 saturated heterocycles. The number of para-hydroxylation sites is 2. The van der Waals surface area contributed by atoms with Gasteiger partial charge in [0, 0.05) is 27.8 Å². The van der Waals surface area contributed by atoms with E-state index < -0.39 is 12.1 Å². The van der Waals surface area contributed by atoms with Crippen molar-refractivity contribution in [1.82, 2.24) is 4.98 Å². The Bertz CT molecular complexity index is 972.